The first kappa shape index (κ1) is 24.6. The van der Waals surface area contributed by atoms with E-state index in [0.29, 0.717) is 29.5 Å². The van der Waals surface area contributed by atoms with Crippen molar-refractivity contribution in [3.63, 3.8) is 0 Å². The van der Waals surface area contributed by atoms with Crippen LogP contribution in [0.3, 0.4) is 0 Å². The fourth-order valence-corrected chi connectivity index (χ4v) is 5.35. The van der Waals surface area contributed by atoms with Crippen LogP contribution < -0.4 is 9.64 Å². The van der Waals surface area contributed by atoms with Crippen LogP contribution in [0.15, 0.2) is 66.2 Å². The van der Waals surface area contributed by atoms with Crippen molar-refractivity contribution in [2.45, 2.75) is 26.3 Å². The number of halogens is 2. The van der Waals surface area contributed by atoms with Gasteiger partial charge in [-0.05, 0) is 49.2 Å². The number of nitrogens with zero attached hydrogens (tertiary/aromatic N) is 2. The van der Waals surface area contributed by atoms with Gasteiger partial charge in [-0.1, -0.05) is 48.1 Å². The van der Waals surface area contributed by atoms with E-state index in [9.17, 15) is 23.5 Å². The molecule has 37 heavy (non-hydrogen) atoms. The van der Waals surface area contributed by atoms with Crippen LogP contribution in [0.25, 0.3) is 16.0 Å². The maximum atomic E-state index is 14.4. The summed E-state index contributed by atoms with van der Waals surface area (Å²) in [5.41, 5.74) is 1.54. The Balaban J connectivity index is 1.67. The van der Waals surface area contributed by atoms with Crippen molar-refractivity contribution in [3.8, 4) is 5.75 Å². The van der Waals surface area contributed by atoms with Crippen LogP contribution in [0.2, 0.25) is 0 Å². The maximum absolute atomic E-state index is 14.4. The van der Waals surface area contributed by atoms with Gasteiger partial charge in [0.1, 0.15) is 22.8 Å². The lowest BCUT2D eigenvalue weighted by atomic mass is 9.94. The summed E-state index contributed by atoms with van der Waals surface area (Å²) in [5, 5.41) is 11.3. The maximum Gasteiger partial charge on any atom is 0.301 e. The number of aryl methyl sites for hydroxylation is 1. The molecule has 1 aromatic heterocycles. The number of carbonyl (C=O) groups excluding carboxylic acids is 2. The van der Waals surface area contributed by atoms with Gasteiger partial charge in [0, 0.05) is 11.6 Å². The van der Waals surface area contributed by atoms with Gasteiger partial charge in [0.25, 0.3) is 5.78 Å². The highest BCUT2D eigenvalue weighted by Gasteiger charge is 2.48. The number of hydrogen-bond donors (Lipinski definition) is 1. The number of aliphatic hydroxyl groups excluding tert-OH is 1. The lowest BCUT2D eigenvalue weighted by molar-refractivity contribution is -0.132. The lowest BCUT2D eigenvalue weighted by Gasteiger charge is -2.23. The molecule has 3 aromatic carbocycles. The number of ether oxygens (including phenoxy) is 1. The molecule has 2 heterocycles. The number of hydrogen-bond acceptors (Lipinski definition) is 6. The minimum absolute atomic E-state index is 0.0236. The number of carbonyl (C=O) groups is 2. The van der Waals surface area contributed by atoms with Crippen molar-refractivity contribution in [2.24, 2.45) is 0 Å². The van der Waals surface area contributed by atoms with Gasteiger partial charge >= 0.3 is 5.91 Å². The molecule has 0 radical (unpaired) electrons. The molecule has 4 aromatic rings. The first-order valence-electron chi connectivity index (χ1n) is 11.6. The van der Waals surface area contributed by atoms with E-state index in [1.165, 1.54) is 0 Å². The smallest absolute Gasteiger partial charge is 0.301 e. The second-order valence-electron chi connectivity index (χ2n) is 8.69. The molecular weight excluding hydrogens is 498 g/mol. The Morgan fingerprint density at radius 3 is 2.57 bits per heavy atom. The number of benzene rings is 3. The second kappa shape index (κ2) is 9.74. The number of anilines is 1. The normalized spacial score (nSPS) is 17.1. The SMILES string of the molecule is CCCOc1ccc(/C(O)=C2\C(=O)C(=O)N(c3nc4c(F)cc(F)cc4s3)C2c2cccc(C)c2)cc1. The zero-order valence-electron chi connectivity index (χ0n) is 20.0. The molecule has 1 saturated heterocycles. The Morgan fingerprint density at radius 2 is 1.86 bits per heavy atom. The van der Waals surface area contributed by atoms with Crippen LogP contribution in [-0.2, 0) is 9.59 Å². The molecule has 0 saturated carbocycles. The van der Waals surface area contributed by atoms with Crippen molar-refractivity contribution in [2.75, 3.05) is 11.5 Å². The monoisotopic (exact) mass is 520 g/mol. The Bertz CT molecular complexity index is 1560. The highest BCUT2D eigenvalue weighted by molar-refractivity contribution is 7.22. The predicted molar refractivity (Wildman–Crippen MR) is 138 cm³/mol. The predicted octanol–water partition coefficient (Wildman–Crippen LogP) is 6.30. The molecule has 0 aliphatic carbocycles. The average molecular weight is 521 g/mol. The number of aromatic nitrogens is 1. The molecule has 1 amide bonds. The molecule has 5 rings (SSSR count). The second-order valence-corrected chi connectivity index (χ2v) is 9.70. The first-order valence-corrected chi connectivity index (χ1v) is 12.5. The zero-order valence-corrected chi connectivity index (χ0v) is 20.8. The quantitative estimate of drug-likeness (QED) is 0.183. The minimum atomic E-state index is -1.02. The van der Waals surface area contributed by atoms with Crippen LogP contribution >= 0.6 is 11.3 Å². The molecule has 188 valence electrons. The molecule has 1 N–H and O–H groups in total. The van der Waals surface area contributed by atoms with Gasteiger partial charge in [-0.3, -0.25) is 14.5 Å². The van der Waals surface area contributed by atoms with E-state index < -0.39 is 29.4 Å². The topological polar surface area (TPSA) is 79.7 Å². The lowest BCUT2D eigenvalue weighted by Crippen LogP contribution is -2.29. The summed E-state index contributed by atoms with van der Waals surface area (Å²) in [4.78, 5) is 32.0. The van der Waals surface area contributed by atoms with Crippen LogP contribution in [0, 0.1) is 18.6 Å². The summed E-state index contributed by atoms with van der Waals surface area (Å²) in [7, 11) is 0. The zero-order chi connectivity index (χ0) is 26.3. The van der Waals surface area contributed by atoms with Gasteiger partial charge in [0.05, 0.1) is 22.9 Å². The molecule has 1 unspecified atom stereocenters. The highest BCUT2D eigenvalue weighted by atomic mass is 32.1. The standard InChI is InChI=1S/C28H22F2N2O4S/c1-3-11-36-19-9-7-16(8-10-19)25(33)22-24(17-6-4-5-15(2)12-17)32(27(35)26(22)34)28-31-23-20(30)13-18(29)14-21(23)37-28/h4-10,12-14,24,33H,3,11H2,1-2H3/b25-22+. The third-order valence-corrected chi connectivity index (χ3v) is 7.01. The van der Waals surface area contributed by atoms with E-state index in [1.807, 2.05) is 19.9 Å². The van der Waals surface area contributed by atoms with E-state index >= 15 is 0 Å². The summed E-state index contributed by atoms with van der Waals surface area (Å²) >= 11 is 0.891. The average Bonchev–Trinajstić information content (AvgIpc) is 3.41. The number of aliphatic hydroxyl groups is 1. The Hall–Kier alpha value is -4.11. The number of fused-ring (bicyclic) bond motifs is 1. The van der Waals surface area contributed by atoms with Crippen molar-refractivity contribution < 1.29 is 28.2 Å². The number of Topliss-reactive ketones (excluding diaryl/α,β-unsaturated/α-hetero) is 1. The Labute approximate surface area is 215 Å². The van der Waals surface area contributed by atoms with Crippen molar-refractivity contribution >= 4 is 44.1 Å². The van der Waals surface area contributed by atoms with Crippen LogP contribution in [-0.4, -0.2) is 28.4 Å². The molecule has 1 atom stereocenters. The summed E-state index contributed by atoms with van der Waals surface area (Å²) in [6.07, 6.45) is 0.837. The Morgan fingerprint density at radius 1 is 1.11 bits per heavy atom. The number of rotatable bonds is 6. The van der Waals surface area contributed by atoms with E-state index in [1.54, 1.807) is 42.5 Å². The van der Waals surface area contributed by atoms with E-state index in [-0.39, 0.29) is 26.7 Å². The van der Waals surface area contributed by atoms with Crippen molar-refractivity contribution in [3.05, 3.63) is 94.6 Å². The van der Waals surface area contributed by atoms with Crippen LogP contribution in [0.1, 0.15) is 36.1 Å². The molecular formula is C28H22F2N2O4S. The molecule has 1 aliphatic rings. The molecule has 1 aliphatic heterocycles. The molecule has 1 fully saturated rings. The Kier molecular flexibility index (Phi) is 6.47. The van der Waals surface area contributed by atoms with Gasteiger partial charge in [-0.2, -0.15) is 0 Å². The van der Waals surface area contributed by atoms with E-state index in [4.69, 9.17) is 4.74 Å². The van der Waals surface area contributed by atoms with Gasteiger partial charge in [-0.15, -0.1) is 0 Å². The van der Waals surface area contributed by atoms with Crippen LogP contribution in [0.5, 0.6) is 5.75 Å². The van der Waals surface area contributed by atoms with E-state index in [2.05, 4.69) is 4.98 Å². The largest absolute Gasteiger partial charge is 0.507 e. The highest BCUT2D eigenvalue weighted by Crippen LogP contribution is 2.44. The minimum Gasteiger partial charge on any atom is -0.507 e. The summed E-state index contributed by atoms with van der Waals surface area (Å²) in [5.74, 6) is -3.21. The number of thiazole rings is 1. The fraction of sp³-hybridized carbons (Fsp3) is 0.179. The summed E-state index contributed by atoms with van der Waals surface area (Å²) in [6.45, 7) is 4.39. The summed E-state index contributed by atoms with van der Waals surface area (Å²) < 4.78 is 34.0. The first-order chi connectivity index (χ1) is 17.8. The van der Waals surface area contributed by atoms with E-state index in [0.717, 1.165) is 34.3 Å². The number of ketones is 1. The van der Waals surface area contributed by atoms with Gasteiger partial charge in [0.15, 0.2) is 10.9 Å². The molecule has 0 bridgehead atoms. The number of amides is 1. The fourth-order valence-electron chi connectivity index (χ4n) is 4.32. The molecule has 9 heteroatoms. The van der Waals surface area contributed by atoms with Crippen molar-refractivity contribution in [1.29, 1.82) is 0 Å². The van der Waals surface area contributed by atoms with Gasteiger partial charge < -0.3 is 9.84 Å². The van der Waals surface area contributed by atoms with Gasteiger partial charge in [-0.25, -0.2) is 13.8 Å². The van der Waals surface area contributed by atoms with Crippen molar-refractivity contribution in [1.82, 2.24) is 4.98 Å². The molecule has 6 nitrogen and oxygen atoms in total. The third kappa shape index (κ3) is 4.46. The third-order valence-electron chi connectivity index (χ3n) is 6.01. The summed E-state index contributed by atoms with van der Waals surface area (Å²) in [6, 6.07) is 14.5. The van der Waals surface area contributed by atoms with Gasteiger partial charge in [0.2, 0.25) is 0 Å². The van der Waals surface area contributed by atoms with Crippen LogP contribution in [0.4, 0.5) is 13.9 Å². The molecule has 0 spiro atoms.